The lowest BCUT2D eigenvalue weighted by atomic mass is 9.93. The predicted molar refractivity (Wildman–Crippen MR) is 164 cm³/mol. The van der Waals surface area contributed by atoms with E-state index in [9.17, 15) is 13.2 Å². The van der Waals surface area contributed by atoms with Crippen LogP contribution in [0.15, 0.2) is 133 Å². The number of hydrogen-bond acceptors (Lipinski definition) is 2. The Morgan fingerprint density at radius 2 is 1.07 bits per heavy atom. The van der Waals surface area contributed by atoms with E-state index >= 15 is 0 Å². The third-order valence-corrected chi connectivity index (χ3v) is 8.43. The zero-order chi connectivity index (χ0) is 28.0. The third kappa shape index (κ3) is 4.79. The summed E-state index contributed by atoms with van der Waals surface area (Å²) in [4.78, 5) is 4.90. The fraction of sp³-hybridized carbons (Fsp3) is 0.0278. The molecule has 7 aromatic rings. The third-order valence-electron chi connectivity index (χ3n) is 7.36. The van der Waals surface area contributed by atoms with Crippen molar-refractivity contribution < 1.29 is 13.2 Å². The molecule has 1 nitrogen and oxygen atoms in total. The summed E-state index contributed by atoms with van der Waals surface area (Å²) in [5.41, 5.74) is 7.03. The number of rotatable bonds is 4. The van der Waals surface area contributed by atoms with Crippen LogP contribution in [-0.2, 0) is 6.18 Å². The molecule has 5 heteroatoms. The Bertz CT molecular complexity index is 2000. The van der Waals surface area contributed by atoms with Crippen LogP contribution in [0.3, 0.4) is 0 Å². The number of alkyl halides is 3. The molecule has 0 atom stereocenters. The van der Waals surface area contributed by atoms with Gasteiger partial charge in [-0.05, 0) is 74.5 Å². The van der Waals surface area contributed by atoms with Gasteiger partial charge in [-0.25, -0.2) is 4.98 Å². The van der Waals surface area contributed by atoms with Gasteiger partial charge in [-0.2, -0.15) is 13.2 Å². The Hall–Kier alpha value is -4.74. The first-order valence-electron chi connectivity index (χ1n) is 13.2. The number of halogens is 3. The van der Waals surface area contributed by atoms with Gasteiger partial charge in [0.15, 0.2) is 0 Å². The maximum absolute atomic E-state index is 13.2. The summed E-state index contributed by atoms with van der Waals surface area (Å²) in [6, 6.07) is 42.4. The summed E-state index contributed by atoms with van der Waals surface area (Å²) in [6.07, 6.45) is -4.37. The Labute approximate surface area is 239 Å². The molecule has 0 radical (unpaired) electrons. The predicted octanol–water partition coefficient (Wildman–Crippen LogP) is 11.1. The normalized spacial score (nSPS) is 11.8. The van der Waals surface area contributed by atoms with E-state index in [4.69, 9.17) is 4.98 Å². The highest BCUT2D eigenvalue weighted by Crippen LogP contribution is 2.39. The molecule has 0 unspecified atom stereocenters. The second-order valence-corrected chi connectivity index (χ2v) is 11.0. The van der Waals surface area contributed by atoms with Crippen molar-refractivity contribution in [1.29, 1.82) is 0 Å². The maximum atomic E-state index is 13.2. The van der Waals surface area contributed by atoms with Gasteiger partial charge in [0.25, 0.3) is 0 Å². The molecule has 7 rings (SSSR count). The van der Waals surface area contributed by atoms with Crippen LogP contribution in [0.4, 0.5) is 13.2 Å². The number of benzene rings is 6. The summed E-state index contributed by atoms with van der Waals surface area (Å²) in [5, 5.41) is 3.31. The van der Waals surface area contributed by atoms with E-state index in [1.807, 2.05) is 48.5 Å². The number of hydrogen-bond donors (Lipinski definition) is 0. The lowest BCUT2D eigenvalue weighted by molar-refractivity contribution is -0.137. The molecule has 198 valence electrons. The van der Waals surface area contributed by atoms with Gasteiger partial charge >= 0.3 is 6.18 Å². The van der Waals surface area contributed by atoms with E-state index in [2.05, 4.69) is 60.7 Å². The van der Waals surface area contributed by atoms with Gasteiger partial charge in [0.2, 0.25) is 0 Å². The first-order chi connectivity index (χ1) is 19.9. The first-order valence-corrected chi connectivity index (χ1v) is 14.0. The summed E-state index contributed by atoms with van der Waals surface area (Å²) in [7, 11) is 0. The molecule has 0 saturated heterocycles. The highest BCUT2D eigenvalue weighted by Gasteiger charge is 2.30. The van der Waals surface area contributed by atoms with Crippen molar-refractivity contribution in [3.63, 3.8) is 0 Å². The van der Waals surface area contributed by atoms with Gasteiger partial charge in [-0.1, -0.05) is 103 Å². The van der Waals surface area contributed by atoms with Crippen molar-refractivity contribution in [2.45, 2.75) is 6.18 Å². The minimum Gasteiger partial charge on any atom is -0.236 e. The van der Waals surface area contributed by atoms with Crippen LogP contribution in [0.5, 0.6) is 0 Å². The average molecular weight is 558 g/mol. The number of aromatic nitrogens is 1. The first kappa shape index (κ1) is 25.2. The molecule has 0 saturated carbocycles. The summed E-state index contributed by atoms with van der Waals surface area (Å²) in [5.74, 6) is 0. The lowest BCUT2D eigenvalue weighted by Gasteiger charge is -2.12. The largest absolute Gasteiger partial charge is 0.416 e. The number of fused-ring (bicyclic) bond motifs is 2. The van der Waals surface area contributed by atoms with E-state index in [-0.39, 0.29) is 0 Å². The Balaban J connectivity index is 1.25. The van der Waals surface area contributed by atoms with Crippen LogP contribution >= 0.6 is 11.3 Å². The van der Waals surface area contributed by atoms with Crippen LogP contribution in [0, 0.1) is 0 Å². The summed E-state index contributed by atoms with van der Waals surface area (Å²) < 4.78 is 40.8. The molecular formula is C36H22F3NS. The summed E-state index contributed by atoms with van der Waals surface area (Å²) >= 11 is 1.70. The number of nitrogens with zero attached hydrogens (tertiary/aromatic N) is 1. The van der Waals surface area contributed by atoms with Crippen molar-refractivity contribution in [2.75, 3.05) is 0 Å². The van der Waals surface area contributed by atoms with Crippen molar-refractivity contribution >= 4 is 32.3 Å². The maximum Gasteiger partial charge on any atom is 0.416 e. The molecule has 1 heterocycles. The minimum atomic E-state index is -4.37. The number of para-hydroxylation sites is 1. The monoisotopic (exact) mass is 557 g/mol. The van der Waals surface area contributed by atoms with Gasteiger partial charge in [0.1, 0.15) is 5.01 Å². The van der Waals surface area contributed by atoms with Crippen LogP contribution in [-0.4, -0.2) is 4.98 Å². The van der Waals surface area contributed by atoms with Crippen molar-refractivity contribution in [2.24, 2.45) is 0 Å². The van der Waals surface area contributed by atoms with Gasteiger partial charge < -0.3 is 0 Å². The Kier molecular flexibility index (Phi) is 6.17. The van der Waals surface area contributed by atoms with Gasteiger partial charge in [-0.15, -0.1) is 11.3 Å². The SMILES string of the molecule is FC(F)(F)c1cccc(-c2ccc(-c3cccc(-c4ccc(-c5nc6ccccc6s5)c5ccccc45)c3)cc2)c1. The average Bonchev–Trinajstić information content (AvgIpc) is 3.44. The van der Waals surface area contributed by atoms with Crippen LogP contribution in [0.25, 0.3) is 64.9 Å². The Morgan fingerprint density at radius 3 is 1.78 bits per heavy atom. The van der Waals surface area contributed by atoms with Crippen molar-refractivity contribution in [3.05, 3.63) is 139 Å². The zero-order valence-electron chi connectivity index (χ0n) is 21.7. The fourth-order valence-electron chi connectivity index (χ4n) is 5.32. The Morgan fingerprint density at radius 1 is 0.488 bits per heavy atom. The quantitative estimate of drug-likeness (QED) is 0.210. The second kappa shape index (κ2) is 10.0. The van der Waals surface area contributed by atoms with E-state index in [0.29, 0.717) is 5.56 Å². The van der Waals surface area contributed by atoms with E-state index in [1.165, 1.54) is 16.8 Å². The summed E-state index contributed by atoms with van der Waals surface area (Å²) in [6.45, 7) is 0. The molecule has 0 aliphatic carbocycles. The molecule has 41 heavy (non-hydrogen) atoms. The lowest BCUT2D eigenvalue weighted by Crippen LogP contribution is -2.04. The van der Waals surface area contributed by atoms with E-state index < -0.39 is 11.7 Å². The topological polar surface area (TPSA) is 12.9 Å². The second-order valence-electron chi connectivity index (χ2n) is 9.93. The van der Waals surface area contributed by atoms with Gasteiger partial charge in [0, 0.05) is 5.56 Å². The molecule has 1 aromatic heterocycles. The molecule has 0 bridgehead atoms. The molecular weight excluding hydrogens is 535 g/mol. The van der Waals surface area contributed by atoms with E-state index in [1.54, 1.807) is 17.4 Å². The molecule has 6 aromatic carbocycles. The van der Waals surface area contributed by atoms with Crippen LogP contribution in [0.2, 0.25) is 0 Å². The van der Waals surface area contributed by atoms with Gasteiger partial charge in [0.05, 0.1) is 15.8 Å². The van der Waals surface area contributed by atoms with Crippen LogP contribution < -0.4 is 0 Å². The smallest absolute Gasteiger partial charge is 0.236 e. The molecule has 0 aliphatic heterocycles. The molecule has 0 N–H and O–H groups in total. The van der Waals surface area contributed by atoms with Gasteiger partial charge in [-0.3, -0.25) is 0 Å². The standard InChI is InChI=1S/C36H22F3NS/c37-36(38,39)28-10-6-8-26(22-28)24-17-15-23(16-18-24)25-7-5-9-27(21-25)29-19-20-32(31-12-2-1-11-30(29)31)35-40-33-13-3-4-14-34(33)41-35/h1-22H. The molecule has 0 aliphatic rings. The zero-order valence-corrected chi connectivity index (χ0v) is 22.5. The van der Waals surface area contributed by atoms with E-state index in [0.717, 1.165) is 60.7 Å². The highest BCUT2D eigenvalue weighted by atomic mass is 32.1. The van der Waals surface area contributed by atoms with Crippen molar-refractivity contribution in [3.8, 4) is 44.0 Å². The fourth-order valence-corrected chi connectivity index (χ4v) is 6.33. The molecule has 0 fully saturated rings. The number of thiazole rings is 1. The highest BCUT2D eigenvalue weighted by molar-refractivity contribution is 7.21. The molecule has 0 amide bonds. The minimum absolute atomic E-state index is 0.541. The molecule has 0 spiro atoms. The van der Waals surface area contributed by atoms with Crippen molar-refractivity contribution in [1.82, 2.24) is 4.98 Å². The van der Waals surface area contributed by atoms with Crippen LogP contribution in [0.1, 0.15) is 5.56 Å².